The van der Waals surface area contributed by atoms with Gasteiger partial charge in [0.1, 0.15) is 0 Å². The van der Waals surface area contributed by atoms with Gasteiger partial charge in [0.2, 0.25) is 11.8 Å². The summed E-state index contributed by atoms with van der Waals surface area (Å²) >= 11 is 0. The van der Waals surface area contributed by atoms with Gasteiger partial charge in [-0.15, -0.1) is 0 Å². The number of hydrogen-bond acceptors (Lipinski definition) is 3. The van der Waals surface area contributed by atoms with Crippen molar-refractivity contribution in [3.63, 3.8) is 0 Å². The summed E-state index contributed by atoms with van der Waals surface area (Å²) < 4.78 is 0. The molecule has 2 atom stereocenters. The summed E-state index contributed by atoms with van der Waals surface area (Å²) in [6, 6.07) is 0. The van der Waals surface area contributed by atoms with E-state index in [1.165, 1.54) is 6.92 Å². The molecule has 1 unspecified atom stereocenters. The fourth-order valence-corrected chi connectivity index (χ4v) is 2.07. The molecule has 5 heteroatoms. The molecule has 0 aliphatic rings. The average molecular weight is 286 g/mol. The Morgan fingerprint density at radius 2 is 1.75 bits per heavy atom. The zero-order valence-corrected chi connectivity index (χ0v) is 13.5. The molecule has 0 spiro atoms. The molecule has 0 aromatic carbocycles. The Hall–Kier alpha value is -1.10. The predicted octanol–water partition coefficient (Wildman–Crippen LogP) is 1.45. The Balaban J connectivity index is 3.94. The first-order valence-electron chi connectivity index (χ1n) is 7.35. The molecule has 5 nitrogen and oxygen atoms in total. The van der Waals surface area contributed by atoms with Gasteiger partial charge in [0.15, 0.2) is 0 Å². The van der Waals surface area contributed by atoms with Gasteiger partial charge in [-0.2, -0.15) is 0 Å². The summed E-state index contributed by atoms with van der Waals surface area (Å²) in [4.78, 5) is 22.9. The Labute approximate surface area is 122 Å². The lowest BCUT2D eigenvalue weighted by Crippen LogP contribution is -2.39. The number of hydrogen-bond donors (Lipinski definition) is 3. The summed E-state index contributed by atoms with van der Waals surface area (Å²) in [6.45, 7) is 10.8. The van der Waals surface area contributed by atoms with Crippen LogP contribution < -0.4 is 10.6 Å². The highest BCUT2D eigenvalue weighted by Crippen LogP contribution is 2.25. The number of rotatable bonds is 8. The van der Waals surface area contributed by atoms with E-state index in [1.54, 1.807) is 0 Å². The van der Waals surface area contributed by atoms with E-state index < -0.39 is 6.10 Å². The first-order valence-corrected chi connectivity index (χ1v) is 7.35. The third-order valence-electron chi connectivity index (χ3n) is 2.99. The van der Waals surface area contributed by atoms with Gasteiger partial charge in [-0.05, 0) is 24.7 Å². The van der Waals surface area contributed by atoms with Gasteiger partial charge in [-0.1, -0.05) is 34.1 Å². The lowest BCUT2D eigenvalue weighted by molar-refractivity contribution is -0.127. The van der Waals surface area contributed by atoms with Crippen molar-refractivity contribution in [3.05, 3.63) is 0 Å². The Morgan fingerprint density at radius 3 is 2.20 bits per heavy atom. The van der Waals surface area contributed by atoms with Crippen LogP contribution in [-0.2, 0) is 9.59 Å². The van der Waals surface area contributed by atoms with E-state index >= 15 is 0 Å². The zero-order valence-electron chi connectivity index (χ0n) is 13.5. The third-order valence-corrected chi connectivity index (χ3v) is 2.99. The van der Waals surface area contributed by atoms with Gasteiger partial charge in [0.25, 0.3) is 0 Å². The molecule has 0 heterocycles. The molecule has 0 aromatic heterocycles. The number of carbonyl (C=O) groups is 2. The number of nitrogens with one attached hydrogen (secondary N) is 2. The molecule has 0 bridgehead atoms. The first kappa shape index (κ1) is 18.9. The normalized spacial score (nSPS) is 14.5. The molecule has 2 amide bonds. The van der Waals surface area contributed by atoms with Gasteiger partial charge >= 0.3 is 0 Å². The van der Waals surface area contributed by atoms with Crippen molar-refractivity contribution in [1.82, 2.24) is 10.6 Å². The van der Waals surface area contributed by atoms with Crippen molar-refractivity contribution >= 4 is 11.8 Å². The minimum atomic E-state index is -0.686. The topological polar surface area (TPSA) is 78.4 Å². The third kappa shape index (κ3) is 10.8. The maximum absolute atomic E-state index is 11.6. The minimum Gasteiger partial charge on any atom is -0.393 e. The van der Waals surface area contributed by atoms with Gasteiger partial charge in [0.05, 0.1) is 19.1 Å². The van der Waals surface area contributed by atoms with Crippen molar-refractivity contribution in [2.75, 3.05) is 13.1 Å². The second-order valence-electron chi connectivity index (χ2n) is 6.67. The highest BCUT2D eigenvalue weighted by Gasteiger charge is 2.18. The Kier molecular flexibility index (Phi) is 8.46. The van der Waals surface area contributed by atoms with E-state index in [-0.39, 0.29) is 30.2 Å². The average Bonchev–Trinajstić information content (AvgIpc) is 2.29. The molecular weight excluding hydrogens is 256 g/mol. The fourth-order valence-electron chi connectivity index (χ4n) is 2.07. The molecule has 0 saturated heterocycles. The molecule has 0 aliphatic heterocycles. The van der Waals surface area contributed by atoms with Crippen LogP contribution in [0, 0.1) is 11.3 Å². The van der Waals surface area contributed by atoms with Crippen LogP contribution in [0.1, 0.15) is 53.9 Å². The van der Waals surface area contributed by atoms with Gasteiger partial charge in [-0.3, -0.25) is 9.59 Å². The highest BCUT2D eigenvalue weighted by atomic mass is 16.3. The van der Waals surface area contributed by atoms with Crippen molar-refractivity contribution in [2.24, 2.45) is 11.3 Å². The molecule has 0 aliphatic carbocycles. The second-order valence-corrected chi connectivity index (χ2v) is 6.67. The summed E-state index contributed by atoms with van der Waals surface area (Å²) in [5.74, 6) is -0.0414. The molecule has 0 rings (SSSR count). The van der Waals surface area contributed by atoms with E-state index in [1.807, 2.05) is 0 Å². The summed E-state index contributed by atoms with van der Waals surface area (Å²) in [5, 5.41) is 14.4. The largest absolute Gasteiger partial charge is 0.393 e. The second kappa shape index (κ2) is 8.95. The van der Waals surface area contributed by atoms with Crippen LogP contribution in [0.3, 0.4) is 0 Å². The first-order chi connectivity index (χ1) is 9.14. The van der Waals surface area contributed by atoms with Crippen molar-refractivity contribution in [3.8, 4) is 0 Å². The number of aliphatic hydroxyl groups excluding tert-OH is 1. The molecule has 0 fully saturated rings. The van der Waals surface area contributed by atoms with Gasteiger partial charge in [-0.25, -0.2) is 0 Å². The standard InChI is InChI=1S/C15H30N2O3/c1-6-12(8-15(3,4)5)9-16-14(20)10-17-13(19)7-11(2)18/h11-12,18H,6-10H2,1-5H3,(H,16,20)(H,17,19)/t11-,12?/m0/s1. The van der Waals surface area contributed by atoms with Crippen LogP contribution >= 0.6 is 0 Å². The lowest BCUT2D eigenvalue weighted by Gasteiger charge is -2.25. The van der Waals surface area contributed by atoms with Crippen LogP contribution in [0.5, 0.6) is 0 Å². The van der Waals surface area contributed by atoms with E-state index in [0.717, 1.165) is 12.8 Å². The molecule has 118 valence electrons. The number of amides is 2. The highest BCUT2D eigenvalue weighted by molar-refractivity contribution is 5.84. The van der Waals surface area contributed by atoms with E-state index in [4.69, 9.17) is 5.11 Å². The molecule has 0 radical (unpaired) electrons. The van der Waals surface area contributed by atoms with Gasteiger partial charge in [0, 0.05) is 6.54 Å². The van der Waals surface area contributed by atoms with Crippen LogP contribution in [0.25, 0.3) is 0 Å². The van der Waals surface area contributed by atoms with Crippen LogP contribution in [0.4, 0.5) is 0 Å². The van der Waals surface area contributed by atoms with Crippen LogP contribution in [-0.4, -0.2) is 36.1 Å². The SMILES string of the molecule is CCC(CNC(=O)CNC(=O)C[C@H](C)O)CC(C)(C)C. The lowest BCUT2D eigenvalue weighted by atomic mass is 9.83. The summed E-state index contributed by atoms with van der Waals surface area (Å²) in [5.41, 5.74) is 0.247. The van der Waals surface area contributed by atoms with E-state index in [2.05, 4.69) is 38.3 Å². The Bertz CT molecular complexity index is 309. The maximum Gasteiger partial charge on any atom is 0.239 e. The van der Waals surface area contributed by atoms with E-state index in [0.29, 0.717) is 12.5 Å². The molecule has 3 N–H and O–H groups in total. The van der Waals surface area contributed by atoms with Crippen molar-refractivity contribution in [2.45, 2.75) is 60.0 Å². The smallest absolute Gasteiger partial charge is 0.239 e. The quantitative estimate of drug-likeness (QED) is 0.632. The fraction of sp³-hybridized carbons (Fsp3) is 0.867. The molecule has 0 aromatic rings. The number of aliphatic hydroxyl groups is 1. The number of carbonyl (C=O) groups excluding carboxylic acids is 2. The molecule has 0 saturated carbocycles. The van der Waals surface area contributed by atoms with Crippen molar-refractivity contribution in [1.29, 1.82) is 0 Å². The van der Waals surface area contributed by atoms with Crippen LogP contribution in [0.2, 0.25) is 0 Å². The van der Waals surface area contributed by atoms with Gasteiger partial charge < -0.3 is 15.7 Å². The minimum absolute atomic E-state index is 0.0227. The van der Waals surface area contributed by atoms with Crippen LogP contribution in [0.15, 0.2) is 0 Å². The van der Waals surface area contributed by atoms with E-state index in [9.17, 15) is 9.59 Å². The Morgan fingerprint density at radius 1 is 1.15 bits per heavy atom. The zero-order chi connectivity index (χ0) is 15.8. The monoisotopic (exact) mass is 286 g/mol. The predicted molar refractivity (Wildman–Crippen MR) is 80.2 cm³/mol. The maximum atomic E-state index is 11.6. The summed E-state index contributed by atoms with van der Waals surface area (Å²) in [7, 11) is 0. The molecular formula is C15H30N2O3. The van der Waals surface area contributed by atoms with Crippen molar-refractivity contribution < 1.29 is 14.7 Å². The summed E-state index contributed by atoms with van der Waals surface area (Å²) in [6.07, 6.45) is 1.41. The molecule has 20 heavy (non-hydrogen) atoms.